The number of aliphatic hydroxyl groups is 1. The van der Waals surface area contributed by atoms with Crippen LogP contribution in [-0.2, 0) is 14.3 Å². The molecule has 0 rings (SSSR count). The molecule has 112 valence electrons. The van der Waals surface area contributed by atoms with Gasteiger partial charge in [-0.1, -0.05) is 39.3 Å². The van der Waals surface area contributed by atoms with E-state index < -0.39 is 18.2 Å². The van der Waals surface area contributed by atoms with E-state index in [1.165, 1.54) is 0 Å². The molecule has 2 unspecified atom stereocenters. The lowest BCUT2D eigenvalue weighted by Crippen LogP contribution is -2.41. The van der Waals surface area contributed by atoms with Crippen molar-refractivity contribution in [2.24, 2.45) is 5.92 Å². The number of hydrogen-bond acceptors (Lipinski definition) is 4. The second-order valence-electron chi connectivity index (χ2n) is 5.23. The first kappa shape index (κ1) is 18.1. The second kappa shape index (κ2) is 9.98. The summed E-state index contributed by atoms with van der Waals surface area (Å²) in [5.74, 6) is -0.565. The van der Waals surface area contributed by atoms with E-state index in [1.807, 2.05) is 26.0 Å². The van der Waals surface area contributed by atoms with Crippen molar-refractivity contribution in [2.75, 3.05) is 6.61 Å². The molecular weight excluding hydrogens is 244 g/mol. The molecule has 0 aromatic heterocycles. The molecule has 4 heteroatoms. The summed E-state index contributed by atoms with van der Waals surface area (Å²) in [5.41, 5.74) is 0. The van der Waals surface area contributed by atoms with Gasteiger partial charge in [0.1, 0.15) is 0 Å². The number of rotatable bonds is 9. The quantitative estimate of drug-likeness (QED) is 0.518. The predicted octanol–water partition coefficient (Wildman–Crippen LogP) is 2.70. The van der Waals surface area contributed by atoms with Gasteiger partial charge in [-0.2, -0.15) is 0 Å². The summed E-state index contributed by atoms with van der Waals surface area (Å²) in [6.45, 7) is 9.64. The molecule has 0 aliphatic heterocycles. The molecule has 0 aliphatic carbocycles. The lowest BCUT2D eigenvalue weighted by Gasteiger charge is -2.24. The lowest BCUT2D eigenvalue weighted by molar-refractivity contribution is -0.170. The summed E-state index contributed by atoms with van der Waals surface area (Å²) >= 11 is 0. The van der Waals surface area contributed by atoms with Gasteiger partial charge in [-0.15, -0.1) is 0 Å². The maximum atomic E-state index is 11.9. The summed E-state index contributed by atoms with van der Waals surface area (Å²) in [6.07, 6.45) is 3.94. The highest BCUT2D eigenvalue weighted by molar-refractivity contribution is 5.75. The molecule has 0 fully saturated rings. The highest BCUT2D eigenvalue weighted by Crippen LogP contribution is 2.12. The van der Waals surface area contributed by atoms with Gasteiger partial charge < -0.3 is 14.6 Å². The van der Waals surface area contributed by atoms with Crippen molar-refractivity contribution in [3.05, 3.63) is 12.2 Å². The number of hydrogen-bond donors (Lipinski definition) is 1. The van der Waals surface area contributed by atoms with Crippen LogP contribution in [0.25, 0.3) is 0 Å². The Labute approximate surface area is 116 Å². The highest BCUT2D eigenvalue weighted by Gasteiger charge is 2.31. The Morgan fingerprint density at radius 2 is 1.84 bits per heavy atom. The Hall–Kier alpha value is -0.870. The van der Waals surface area contributed by atoms with Gasteiger partial charge in [-0.05, 0) is 26.2 Å². The largest absolute Gasteiger partial charge is 0.461 e. The van der Waals surface area contributed by atoms with E-state index in [9.17, 15) is 9.90 Å². The van der Waals surface area contributed by atoms with Gasteiger partial charge in [0.2, 0.25) is 0 Å². The van der Waals surface area contributed by atoms with Gasteiger partial charge in [0, 0.05) is 0 Å². The summed E-state index contributed by atoms with van der Waals surface area (Å²) < 4.78 is 10.6. The lowest BCUT2D eigenvalue weighted by atomic mass is 10.0. The molecule has 0 aromatic rings. The van der Waals surface area contributed by atoms with Gasteiger partial charge in [0.15, 0.2) is 6.10 Å². The molecule has 0 radical (unpaired) electrons. The number of esters is 1. The zero-order valence-electron chi connectivity index (χ0n) is 12.8. The average molecular weight is 272 g/mol. The molecule has 0 heterocycles. The van der Waals surface area contributed by atoms with E-state index in [-0.39, 0.29) is 12.0 Å². The van der Waals surface area contributed by atoms with Crippen molar-refractivity contribution in [1.82, 2.24) is 0 Å². The summed E-state index contributed by atoms with van der Waals surface area (Å²) in [5, 5.41) is 10.0. The molecule has 0 bridgehead atoms. The van der Waals surface area contributed by atoms with E-state index >= 15 is 0 Å². The Kier molecular flexibility index (Phi) is 9.53. The molecule has 0 aromatic carbocycles. The van der Waals surface area contributed by atoms with Crippen LogP contribution in [0, 0.1) is 5.92 Å². The third kappa shape index (κ3) is 8.01. The van der Waals surface area contributed by atoms with Crippen molar-refractivity contribution in [3.8, 4) is 0 Å². The molecule has 0 saturated heterocycles. The number of allylic oxidation sites excluding steroid dienone is 1. The van der Waals surface area contributed by atoms with E-state index in [0.29, 0.717) is 6.61 Å². The smallest absolute Gasteiger partial charge is 0.338 e. The SMILES string of the molecule is CCC/C=C/COC(C(=O)OC(C)C)C(O)C(C)C. The van der Waals surface area contributed by atoms with Crippen LogP contribution in [0.2, 0.25) is 0 Å². The summed E-state index contributed by atoms with van der Waals surface area (Å²) in [6, 6.07) is 0. The zero-order chi connectivity index (χ0) is 14.8. The van der Waals surface area contributed by atoms with Crippen molar-refractivity contribution < 1.29 is 19.4 Å². The van der Waals surface area contributed by atoms with Gasteiger partial charge >= 0.3 is 5.97 Å². The third-order valence-corrected chi connectivity index (χ3v) is 2.57. The topological polar surface area (TPSA) is 55.8 Å². The maximum absolute atomic E-state index is 11.9. The minimum atomic E-state index is -0.923. The normalized spacial score (nSPS) is 15.2. The molecule has 0 aliphatic rings. The fourth-order valence-electron chi connectivity index (χ4n) is 1.47. The molecule has 19 heavy (non-hydrogen) atoms. The Morgan fingerprint density at radius 3 is 2.32 bits per heavy atom. The maximum Gasteiger partial charge on any atom is 0.338 e. The van der Waals surface area contributed by atoms with Crippen LogP contribution < -0.4 is 0 Å². The first-order valence-electron chi connectivity index (χ1n) is 7.05. The first-order chi connectivity index (χ1) is 8.90. The van der Waals surface area contributed by atoms with Gasteiger partial charge in [0.05, 0.1) is 18.8 Å². The van der Waals surface area contributed by atoms with E-state index in [1.54, 1.807) is 13.8 Å². The fourth-order valence-corrected chi connectivity index (χ4v) is 1.47. The van der Waals surface area contributed by atoms with Gasteiger partial charge in [0.25, 0.3) is 0 Å². The number of aliphatic hydroxyl groups excluding tert-OH is 1. The van der Waals surface area contributed by atoms with Crippen LogP contribution in [0.3, 0.4) is 0 Å². The third-order valence-electron chi connectivity index (χ3n) is 2.57. The molecule has 2 atom stereocenters. The monoisotopic (exact) mass is 272 g/mol. The number of unbranched alkanes of at least 4 members (excludes halogenated alkanes) is 1. The predicted molar refractivity (Wildman–Crippen MR) is 75.9 cm³/mol. The van der Waals surface area contributed by atoms with Crippen LogP contribution in [0.15, 0.2) is 12.2 Å². The summed E-state index contributed by atoms with van der Waals surface area (Å²) in [4.78, 5) is 11.9. The second-order valence-corrected chi connectivity index (χ2v) is 5.23. The van der Waals surface area contributed by atoms with Crippen LogP contribution in [-0.4, -0.2) is 36.0 Å². The minimum absolute atomic E-state index is 0.0654. The molecule has 0 amide bonds. The zero-order valence-corrected chi connectivity index (χ0v) is 12.8. The van der Waals surface area contributed by atoms with Crippen molar-refractivity contribution in [2.45, 2.75) is 65.8 Å². The average Bonchev–Trinajstić information content (AvgIpc) is 2.31. The molecule has 4 nitrogen and oxygen atoms in total. The van der Waals surface area contributed by atoms with E-state index in [0.717, 1.165) is 12.8 Å². The van der Waals surface area contributed by atoms with Gasteiger partial charge in [-0.25, -0.2) is 4.79 Å². The summed E-state index contributed by atoms with van der Waals surface area (Å²) in [7, 11) is 0. The first-order valence-corrected chi connectivity index (χ1v) is 7.05. The Balaban J connectivity index is 4.46. The van der Waals surface area contributed by atoms with Crippen molar-refractivity contribution in [1.29, 1.82) is 0 Å². The standard InChI is InChI=1S/C15H28O4/c1-6-7-8-9-10-18-14(13(16)11(2)3)15(17)19-12(4)5/h8-9,11-14,16H,6-7,10H2,1-5H3/b9-8+. The molecule has 1 N–H and O–H groups in total. The van der Waals surface area contributed by atoms with Crippen LogP contribution in [0.1, 0.15) is 47.5 Å². The fraction of sp³-hybridized carbons (Fsp3) is 0.800. The van der Waals surface area contributed by atoms with E-state index in [4.69, 9.17) is 9.47 Å². The van der Waals surface area contributed by atoms with Gasteiger partial charge in [-0.3, -0.25) is 0 Å². The molecule has 0 spiro atoms. The molecular formula is C15H28O4. The molecule has 0 saturated carbocycles. The van der Waals surface area contributed by atoms with Crippen LogP contribution in [0.5, 0.6) is 0 Å². The number of carbonyl (C=O) groups excluding carboxylic acids is 1. The Morgan fingerprint density at radius 1 is 1.21 bits per heavy atom. The Bertz CT molecular complexity index is 271. The van der Waals surface area contributed by atoms with Crippen LogP contribution in [0.4, 0.5) is 0 Å². The van der Waals surface area contributed by atoms with Crippen molar-refractivity contribution in [3.63, 3.8) is 0 Å². The minimum Gasteiger partial charge on any atom is -0.461 e. The highest BCUT2D eigenvalue weighted by atomic mass is 16.6. The van der Waals surface area contributed by atoms with Crippen LogP contribution >= 0.6 is 0 Å². The number of carbonyl (C=O) groups is 1. The number of ether oxygens (including phenoxy) is 2. The van der Waals surface area contributed by atoms with Crippen molar-refractivity contribution >= 4 is 5.97 Å². The van der Waals surface area contributed by atoms with E-state index in [2.05, 4.69) is 6.92 Å².